The van der Waals surface area contributed by atoms with Crippen LogP contribution in [0.25, 0.3) is 86.5 Å². The van der Waals surface area contributed by atoms with E-state index in [4.69, 9.17) is 4.98 Å². The molecule has 0 bridgehead atoms. The number of aromatic nitrogens is 1. The number of benzene rings is 8. The van der Waals surface area contributed by atoms with Crippen molar-refractivity contribution in [1.82, 2.24) is 4.98 Å². The minimum atomic E-state index is -0.0654. The summed E-state index contributed by atoms with van der Waals surface area (Å²) >= 11 is 1.79. The standard InChI is InChI=1S/C46H31NS/c1-46(2)39-23-20-28-9-6-7-14-36(28)43(39)37-22-19-35(27-40(37)46)33-13-8-12-32(25-33)34-18-16-29-15-17-30-21-24-41-44(42(30)38(29)26-34)48-45(47-41)31-10-4-3-5-11-31/h3-27H,1-2H3. The Morgan fingerprint density at radius 1 is 0.479 bits per heavy atom. The topological polar surface area (TPSA) is 12.9 Å². The Bertz CT molecular complexity index is 2750. The first-order chi connectivity index (χ1) is 23.5. The van der Waals surface area contributed by atoms with Gasteiger partial charge in [0.05, 0.1) is 10.2 Å². The van der Waals surface area contributed by atoms with Crippen molar-refractivity contribution < 1.29 is 0 Å². The predicted octanol–water partition coefficient (Wildman–Crippen LogP) is 13.1. The SMILES string of the molecule is CC1(C)c2cc(-c3cccc(-c4ccc5ccc6ccc7nc(-c8ccccc8)sc7c6c5c4)c3)ccc2-c2c1ccc1ccccc21. The van der Waals surface area contributed by atoms with Crippen LogP contribution in [0.5, 0.6) is 0 Å². The average molecular weight is 630 g/mol. The van der Waals surface area contributed by atoms with Crippen molar-refractivity contribution in [2.24, 2.45) is 0 Å². The lowest BCUT2D eigenvalue weighted by Crippen LogP contribution is -2.15. The Hall–Kier alpha value is -5.57. The Morgan fingerprint density at radius 2 is 1.12 bits per heavy atom. The number of nitrogens with zero attached hydrogens (tertiary/aromatic N) is 1. The van der Waals surface area contributed by atoms with E-state index < -0.39 is 0 Å². The summed E-state index contributed by atoms with van der Waals surface area (Å²) in [5, 5.41) is 8.76. The molecule has 9 aromatic rings. The monoisotopic (exact) mass is 629 g/mol. The molecule has 1 aliphatic carbocycles. The first-order valence-corrected chi connectivity index (χ1v) is 17.4. The van der Waals surface area contributed by atoms with Gasteiger partial charge in [0.15, 0.2) is 0 Å². The fourth-order valence-corrected chi connectivity index (χ4v) is 9.11. The van der Waals surface area contributed by atoms with Gasteiger partial charge in [-0.25, -0.2) is 4.98 Å². The van der Waals surface area contributed by atoms with Crippen LogP contribution < -0.4 is 0 Å². The number of rotatable bonds is 3. The molecule has 0 saturated carbocycles. The molecular formula is C46H31NS. The average Bonchev–Trinajstić information content (AvgIpc) is 3.68. The van der Waals surface area contributed by atoms with Crippen LogP contribution in [-0.4, -0.2) is 4.98 Å². The second-order valence-electron chi connectivity index (χ2n) is 13.6. The first kappa shape index (κ1) is 27.5. The molecule has 1 aliphatic rings. The van der Waals surface area contributed by atoms with Gasteiger partial charge in [0.2, 0.25) is 0 Å². The largest absolute Gasteiger partial charge is 0.236 e. The lowest BCUT2D eigenvalue weighted by molar-refractivity contribution is 0.661. The number of fused-ring (bicyclic) bond motifs is 10. The summed E-state index contributed by atoms with van der Waals surface area (Å²) < 4.78 is 1.25. The third-order valence-electron chi connectivity index (χ3n) is 10.5. The van der Waals surface area contributed by atoms with Crippen LogP contribution in [-0.2, 0) is 5.41 Å². The first-order valence-electron chi connectivity index (χ1n) is 16.6. The molecule has 0 saturated heterocycles. The van der Waals surface area contributed by atoms with Gasteiger partial charge in [-0.15, -0.1) is 11.3 Å². The molecular weight excluding hydrogens is 599 g/mol. The van der Waals surface area contributed by atoms with Crippen molar-refractivity contribution in [3.63, 3.8) is 0 Å². The lowest BCUT2D eigenvalue weighted by atomic mass is 9.81. The van der Waals surface area contributed by atoms with Crippen LogP contribution in [0.2, 0.25) is 0 Å². The third kappa shape index (κ3) is 4.06. The molecule has 10 rings (SSSR count). The Balaban J connectivity index is 1.09. The zero-order valence-electron chi connectivity index (χ0n) is 26.8. The highest BCUT2D eigenvalue weighted by Crippen LogP contribution is 2.52. The van der Waals surface area contributed by atoms with E-state index in [0.29, 0.717) is 0 Å². The summed E-state index contributed by atoms with van der Waals surface area (Å²) in [5.74, 6) is 0. The maximum atomic E-state index is 5.05. The molecule has 0 fully saturated rings. The van der Waals surface area contributed by atoms with E-state index in [9.17, 15) is 0 Å². The van der Waals surface area contributed by atoms with Gasteiger partial charge in [-0.1, -0.05) is 141 Å². The van der Waals surface area contributed by atoms with Gasteiger partial charge in [0.1, 0.15) is 5.01 Å². The van der Waals surface area contributed by atoms with E-state index in [0.717, 1.165) is 16.1 Å². The van der Waals surface area contributed by atoms with E-state index >= 15 is 0 Å². The van der Waals surface area contributed by atoms with Crippen molar-refractivity contribution >= 4 is 53.9 Å². The van der Waals surface area contributed by atoms with Crippen molar-refractivity contribution in [2.45, 2.75) is 19.3 Å². The fraction of sp³-hybridized carbons (Fsp3) is 0.0652. The van der Waals surface area contributed by atoms with Crippen LogP contribution in [0, 0.1) is 0 Å². The van der Waals surface area contributed by atoms with Crippen molar-refractivity contribution in [3.05, 3.63) is 163 Å². The van der Waals surface area contributed by atoms with Crippen LogP contribution in [0.15, 0.2) is 152 Å². The normalized spacial score (nSPS) is 13.4. The highest BCUT2D eigenvalue weighted by molar-refractivity contribution is 7.22. The van der Waals surface area contributed by atoms with Crippen molar-refractivity contribution in [3.8, 4) is 44.0 Å². The van der Waals surface area contributed by atoms with Crippen molar-refractivity contribution in [2.75, 3.05) is 0 Å². The van der Waals surface area contributed by atoms with E-state index in [-0.39, 0.29) is 5.41 Å². The molecule has 0 atom stereocenters. The highest BCUT2D eigenvalue weighted by atomic mass is 32.1. The molecule has 0 N–H and O–H groups in total. The van der Waals surface area contributed by atoms with Gasteiger partial charge < -0.3 is 0 Å². The van der Waals surface area contributed by atoms with Crippen LogP contribution >= 0.6 is 11.3 Å². The van der Waals surface area contributed by atoms with Crippen LogP contribution in [0.3, 0.4) is 0 Å². The number of hydrogen-bond acceptors (Lipinski definition) is 2. The van der Waals surface area contributed by atoms with E-state index in [1.54, 1.807) is 11.3 Å². The lowest BCUT2D eigenvalue weighted by Gasteiger charge is -2.22. The molecule has 0 spiro atoms. The maximum absolute atomic E-state index is 5.05. The molecule has 0 radical (unpaired) electrons. The highest BCUT2D eigenvalue weighted by Gasteiger charge is 2.36. The molecule has 1 nitrogen and oxygen atoms in total. The minimum absolute atomic E-state index is 0.0654. The molecule has 2 heteroatoms. The second-order valence-corrected chi connectivity index (χ2v) is 14.6. The molecule has 1 aromatic heterocycles. The van der Waals surface area contributed by atoms with E-state index in [1.165, 1.54) is 81.5 Å². The zero-order valence-corrected chi connectivity index (χ0v) is 27.6. The Kier molecular flexibility index (Phi) is 5.86. The molecule has 0 amide bonds. The fourth-order valence-electron chi connectivity index (χ4n) is 7.97. The molecule has 0 aliphatic heterocycles. The quantitative estimate of drug-likeness (QED) is 0.177. The van der Waals surface area contributed by atoms with E-state index in [2.05, 4.69) is 166 Å². The van der Waals surface area contributed by atoms with Gasteiger partial charge in [-0.3, -0.25) is 0 Å². The smallest absolute Gasteiger partial charge is 0.124 e. The van der Waals surface area contributed by atoms with Gasteiger partial charge in [0, 0.05) is 16.4 Å². The maximum Gasteiger partial charge on any atom is 0.124 e. The Morgan fingerprint density at radius 3 is 2.00 bits per heavy atom. The van der Waals surface area contributed by atoms with Gasteiger partial charge in [-0.2, -0.15) is 0 Å². The molecule has 48 heavy (non-hydrogen) atoms. The Labute approximate surface area is 283 Å². The summed E-state index contributed by atoms with van der Waals surface area (Å²) in [5.41, 5.74) is 12.7. The zero-order chi connectivity index (χ0) is 32.0. The van der Waals surface area contributed by atoms with Crippen molar-refractivity contribution in [1.29, 1.82) is 0 Å². The predicted molar refractivity (Wildman–Crippen MR) is 206 cm³/mol. The van der Waals surface area contributed by atoms with E-state index in [1.807, 2.05) is 0 Å². The van der Waals surface area contributed by atoms with Crippen LogP contribution in [0.1, 0.15) is 25.0 Å². The third-order valence-corrected chi connectivity index (χ3v) is 11.6. The summed E-state index contributed by atoms with van der Waals surface area (Å²) in [4.78, 5) is 5.05. The van der Waals surface area contributed by atoms with Gasteiger partial charge >= 0.3 is 0 Å². The van der Waals surface area contributed by atoms with Gasteiger partial charge in [0.25, 0.3) is 0 Å². The van der Waals surface area contributed by atoms with Crippen LogP contribution in [0.4, 0.5) is 0 Å². The summed E-state index contributed by atoms with van der Waals surface area (Å²) in [7, 11) is 0. The minimum Gasteiger partial charge on any atom is -0.236 e. The molecule has 226 valence electrons. The van der Waals surface area contributed by atoms with Gasteiger partial charge in [-0.05, 0) is 95.7 Å². The summed E-state index contributed by atoms with van der Waals surface area (Å²) in [6, 6.07) is 55.8. The molecule has 8 aromatic carbocycles. The molecule has 1 heterocycles. The second kappa shape index (κ2) is 10.2. The summed E-state index contributed by atoms with van der Waals surface area (Å²) in [6.45, 7) is 4.74. The number of hydrogen-bond donors (Lipinski definition) is 0. The molecule has 0 unspecified atom stereocenters. The number of thiazole rings is 1. The summed E-state index contributed by atoms with van der Waals surface area (Å²) in [6.07, 6.45) is 0.